The zero-order chi connectivity index (χ0) is 41.2. The second kappa shape index (κ2) is 17.3. The monoisotopic (exact) mass is 779 g/mol. The molecule has 0 spiro atoms. The Balaban J connectivity index is 1.67. The molecular formula is C42H57N3O11. The number of aromatic hydroxyl groups is 2. The van der Waals surface area contributed by atoms with E-state index in [2.05, 4.69) is 15.5 Å². The number of piperazine rings is 1. The number of nitrogens with zero attached hydrogens (tertiary/aromatic N) is 1. The quantitative estimate of drug-likeness (QED) is 0.188. The molecule has 9 unspecified atom stereocenters. The van der Waals surface area contributed by atoms with Crippen molar-refractivity contribution in [3.63, 3.8) is 0 Å². The predicted octanol–water partition coefficient (Wildman–Crippen LogP) is 4.45. The molecule has 14 heteroatoms. The van der Waals surface area contributed by atoms with E-state index in [1.165, 1.54) is 27.2 Å². The van der Waals surface area contributed by atoms with E-state index < -0.39 is 77.3 Å². The molecule has 9 atom stereocenters. The number of nitrogens with one attached hydrogen (secondary N) is 2. The van der Waals surface area contributed by atoms with Gasteiger partial charge in [0.05, 0.1) is 41.2 Å². The number of phenolic OH excluding ortho intramolecular Hbond substituents is 2. The number of aliphatic hydroxyl groups excluding tert-OH is 2. The zero-order valence-corrected chi connectivity index (χ0v) is 33.7. The number of hydrogen-bond acceptors (Lipinski definition) is 13. The van der Waals surface area contributed by atoms with Crippen molar-refractivity contribution in [1.29, 1.82) is 0 Å². The third-order valence-corrected chi connectivity index (χ3v) is 11.6. The Morgan fingerprint density at radius 2 is 1.68 bits per heavy atom. The van der Waals surface area contributed by atoms with Crippen LogP contribution in [0.1, 0.15) is 70.0 Å². The van der Waals surface area contributed by atoms with Gasteiger partial charge in [0.15, 0.2) is 5.75 Å². The van der Waals surface area contributed by atoms with Gasteiger partial charge in [-0.2, -0.15) is 0 Å². The van der Waals surface area contributed by atoms with Crippen molar-refractivity contribution in [1.82, 2.24) is 10.2 Å². The summed E-state index contributed by atoms with van der Waals surface area (Å²) in [7, 11) is 1.47. The van der Waals surface area contributed by atoms with Gasteiger partial charge in [0, 0.05) is 93.9 Å². The van der Waals surface area contributed by atoms with Gasteiger partial charge in [-0.3, -0.25) is 19.3 Å². The summed E-state index contributed by atoms with van der Waals surface area (Å²) in [5.41, 5.74) is 1.21. The number of benzene rings is 2. The lowest BCUT2D eigenvalue weighted by molar-refractivity contribution is -0.160. The Kier molecular flexibility index (Phi) is 13.2. The molecule has 0 radical (unpaired) electrons. The summed E-state index contributed by atoms with van der Waals surface area (Å²) >= 11 is 0. The molecule has 56 heavy (non-hydrogen) atoms. The Morgan fingerprint density at radius 1 is 1.00 bits per heavy atom. The number of aliphatic hydroxyl groups is 2. The van der Waals surface area contributed by atoms with Crippen LogP contribution in [0, 0.1) is 30.6 Å². The number of allylic oxidation sites excluding steroid dienone is 2. The molecule has 2 aromatic carbocycles. The highest BCUT2D eigenvalue weighted by Gasteiger charge is 2.49. The molecule has 6 N–H and O–H groups in total. The zero-order valence-electron chi connectivity index (χ0n) is 33.7. The van der Waals surface area contributed by atoms with Crippen molar-refractivity contribution < 1.29 is 53.8 Å². The number of ether oxygens (including phenoxy) is 4. The van der Waals surface area contributed by atoms with Gasteiger partial charge in [-0.25, -0.2) is 0 Å². The number of anilines is 1. The molecule has 6 rings (SSSR count). The number of esters is 1. The van der Waals surface area contributed by atoms with Gasteiger partial charge in [-0.05, 0) is 31.6 Å². The molecule has 2 aromatic rings. The standard InChI is InChI=1S/C42H57N3O11/c1-21-11-10-12-22(2)41(52)44-33-28(20-45-16-14-43-15-17-45)19-29-31(37(33)50)36(49)26(6)39-32(29)40(51)42(8,56-39)54-18-13-30(53-9)23(3)38(55-27(7)46)25(5)35(48)24(4)34(21)47/h10-13,18-19,21,23-25,30,34-35,38,43,47-50H,14-17,20H2,1-9H3,(H,44,52)/b11-10+,18-13+,22-12-. The van der Waals surface area contributed by atoms with E-state index in [9.17, 15) is 34.8 Å². The van der Waals surface area contributed by atoms with Crippen LogP contribution in [0.5, 0.6) is 17.2 Å². The molecule has 5 bridgehead atoms. The third-order valence-electron chi connectivity index (χ3n) is 11.6. The predicted molar refractivity (Wildman–Crippen MR) is 210 cm³/mol. The van der Waals surface area contributed by atoms with Crippen LogP contribution in [0.3, 0.4) is 0 Å². The van der Waals surface area contributed by atoms with Crippen LogP contribution < -0.4 is 15.4 Å². The van der Waals surface area contributed by atoms with Crippen molar-refractivity contribution in [2.45, 2.75) is 92.1 Å². The number of Topliss-reactive ketones (excluding diaryl/α,β-unsaturated/α-hetero) is 1. The van der Waals surface area contributed by atoms with E-state index in [1.807, 2.05) is 0 Å². The van der Waals surface area contributed by atoms with Crippen LogP contribution in [-0.4, -0.2) is 106 Å². The number of hydrogen-bond donors (Lipinski definition) is 6. The van der Waals surface area contributed by atoms with E-state index in [0.717, 1.165) is 13.1 Å². The summed E-state index contributed by atoms with van der Waals surface area (Å²) in [5, 5.41) is 52.7. The second-order valence-electron chi connectivity index (χ2n) is 15.6. The fraction of sp³-hybridized carbons (Fsp3) is 0.548. The molecule has 0 aliphatic carbocycles. The Labute approximate surface area is 328 Å². The largest absolute Gasteiger partial charge is 0.507 e. The minimum atomic E-state index is -1.89. The smallest absolute Gasteiger partial charge is 0.312 e. The van der Waals surface area contributed by atoms with Crippen molar-refractivity contribution in [3.05, 3.63) is 58.9 Å². The van der Waals surface area contributed by atoms with E-state index in [1.54, 1.807) is 71.9 Å². The summed E-state index contributed by atoms with van der Waals surface area (Å²) in [6.45, 7) is 16.2. The van der Waals surface area contributed by atoms with Crippen LogP contribution >= 0.6 is 0 Å². The van der Waals surface area contributed by atoms with E-state index in [0.29, 0.717) is 25.2 Å². The molecule has 1 saturated heterocycles. The summed E-state index contributed by atoms with van der Waals surface area (Å²) in [4.78, 5) is 42.5. The van der Waals surface area contributed by atoms with Crippen LogP contribution in [-0.2, 0) is 30.3 Å². The normalized spacial score (nSPS) is 32.9. The van der Waals surface area contributed by atoms with Crippen LogP contribution in [0.4, 0.5) is 5.69 Å². The van der Waals surface area contributed by atoms with Gasteiger partial charge >= 0.3 is 11.8 Å². The van der Waals surface area contributed by atoms with Crippen molar-refractivity contribution in [3.8, 4) is 17.2 Å². The van der Waals surface area contributed by atoms with Gasteiger partial charge in [0.25, 0.3) is 11.7 Å². The van der Waals surface area contributed by atoms with Crippen molar-refractivity contribution in [2.75, 3.05) is 38.6 Å². The number of carbonyl (C=O) groups excluding carboxylic acids is 3. The first kappa shape index (κ1) is 42.7. The van der Waals surface area contributed by atoms with Crippen molar-refractivity contribution >= 4 is 34.1 Å². The second-order valence-corrected chi connectivity index (χ2v) is 15.6. The Morgan fingerprint density at radius 3 is 2.32 bits per heavy atom. The average Bonchev–Trinajstić information content (AvgIpc) is 3.43. The molecule has 4 aliphatic heterocycles. The van der Waals surface area contributed by atoms with E-state index in [4.69, 9.17) is 18.9 Å². The SMILES string of the molecule is COC1/C=C/OC2(C)Oc3c(C)c(O)c4c(O)c(c(CN5CCNCC5)cc4c3C2=O)NC(=O)/C(C)=C\C=C\C(C)C(O)C(C)C(O)C(C)C(OC(C)=O)C1C. The lowest BCUT2D eigenvalue weighted by atomic mass is 9.78. The topological polar surface area (TPSA) is 196 Å². The third kappa shape index (κ3) is 8.44. The summed E-state index contributed by atoms with van der Waals surface area (Å²) in [5.74, 6) is -6.46. The van der Waals surface area contributed by atoms with Crippen molar-refractivity contribution in [2.24, 2.45) is 23.7 Å². The minimum Gasteiger partial charge on any atom is -0.507 e. The van der Waals surface area contributed by atoms with E-state index in [-0.39, 0.29) is 44.7 Å². The number of ketones is 1. The van der Waals surface area contributed by atoms with Gasteiger partial charge in [0.2, 0.25) is 0 Å². The highest BCUT2D eigenvalue weighted by atomic mass is 16.7. The molecule has 14 nitrogen and oxygen atoms in total. The van der Waals surface area contributed by atoms with Gasteiger partial charge in [-0.15, -0.1) is 0 Å². The van der Waals surface area contributed by atoms with Crippen LogP contribution in [0.15, 0.2) is 42.2 Å². The summed E-state index contributed by atoms with van der Waals surface area (Å²) in [6, 6.07) is 1.70. The van der Waals surface area contributed by atoms with Crippen LogP contribution in [0.25, 0.3) is 10.8 Å². The maximum atomic E-state index is 14.4. The average molecular weight is 780 g/mol. The first-order valence-corrected chi connectivity index (χ1v) is 19.2. The number of rotatable bonds is 4. The number of fused-ring (bicyclic) bond motifs is 14. The van der Waals surface area contributed by atoms with Crippen LogP contribution in [0.2, 0.25) is 0 Å². The lowest BCUT2D eigenvalue weighted by Crippen LogP contribution is -2.46. The summed E-state index contributed by atoms with van der Waals surface area (Å²) in [6.07, 6.45) is 4.07. The Hall–Kier alpha value is -4.47. The lowest BCUT2D eigenvalue weighted by Gasteiger charge is -2.38. The fourth-order valence-corrected chi connectivity index (χ4v) is 7.96. The highest BCUT2D eigenvalue weighted by Crippen LogP contribution is 2.52. The molecule has 4 aliphatic rings. The number of amides is 1. The molecule has 1 amide bonds. The van der Waals surface area contributed by atoms with E-state index >= 15 is 0 Å². The molecule has 4 heterocycles. The first-order chi connectivity index (χ1) is 26.4. The first-order valence-electron chi connectivity index (χ1n) is 19.2. The highest BCUT2D eigenvalue weighted by molar-refractivity contribution is 6.20. The Bertz CT molecular complexity index is 1920. The van der Waals surface area contributed by atoms with Gasteiger partial charge in [0.1, 0.15) is 17.6 Å². The molecular weight excluding hydrogens is 722 g/mol. The minimum absolute atomic E-state index is 0.0219. The molecule has 0 saturated carbocycles. The molecule has 0 aromatic heterocycles. The maximum absolute atomic E-state index is 14.4. The molecule has 1 fully saturated rings. The number of carbonyl (C=O) groups is 3. The maximum Gasteiger partial charge on any atom is 0.312 e. The number of phenols is 2. The molecule has 306 valence electrons. The van der Waals surface area contributed by atoms with Gasteiger partial charge < -0.3 is 50.0 Å². The fourth-order valence-electron chi connectivity index (χ4n) is 7.96. The van der Waals surface area contributed by atoms with Gasteiger partial charge in [-0.1, -0.05) is 45.9 Å². The summed E-state index contributed by atoms with van der Waals surface area (Å²) < 4.78 is 23.7. The number of methoxy groups -OCH3 is 1.